The first-order valence-corrected chi connectivity index (χ1v) is 10.7. The van der Waals surface area contributed by atoms with E-state index in [1.807, 2.05) is 47.4 Å². The Bertz CT molecular complexity index is 796. The zero-order valence-electron chi connectivity index (χ0n) is 16.9. The maximum Gasteiger partial charge on any atom is 0.321 e. The van der Waals surface area contributed by atoms with Crippen LogP contribution in [0.3, 0.4) is 0 Å². The van der Waals surface area contributed by atoms with Crippen LogP contribution in [0.4, 0.5) is 14.9 Å². The molecule has 2 aliphatic rings. The second-order valence-electron chi connectivity index (χ2n) is 8.50. The van der Waals surface area contributed by atoms with Crippen LogP contribution in [0.5, 0.6) is 0 Å². The Balaban J connectivity index is 1.24. The number of hydrogen-bond donors (Lipinski definition) is 1. The summed E-state index contributed by atoms with van der Waals surface area (Å²) in [7, 11) is 0. The number of para-hydroxylation sites is 1. The summed E-state index contributed by atoms with van der Waals surface area (Å²) in [6, 6.07) is 16.6. The van der Waals surface area contributed by atoms with Crippen molar-refractivity contribution in [2.24, 2.45) is 11.8 Å². The normalized spacial score (nSPS) is 22.6. The summed E-state index contributed by atoms with van der Waals surface area (Å²) in [6.45, 7) is 4.96. The van der Waals surface area contributed by atoms with E-state index in [1.165, 1.54) is 18.4 Å². The number of anilines is 1. The van der Waals surface area contributed by atoms with E-state index in [1.54, 1.807) is 12.1 Å². The highest BCUT2D eigenvalue weighted by Crippen LogP contribution is 2.25. The minimum Gasteiger partial charge on any atom is -0.324 e. The van der Waals surface area contributed by atoms with Gasteiger partial charge in [0.05, 0.1) is 0 Å². The number of amides is 2. The summed E-state index contributed by atoms with van der Waals surface area (Å²) in [5, 5.41) is 3.01. The van der Waals surface area contributed by atoms with Gasteiger partial charge in [0.1, 0.15) is 5.82 Å². The molecule has 4 nitrogen and oxygen atoms in total. The minimum absolute atomic E-state index is 0.0107. The predicted molar refractivity (Wildman–Crippen MR) is 114 cm³/mol. The number of benzene rings is 2. The molecule has 0 saturated carbocycles. The maximum absolute atomic E-state index is 13.1. The lowest BCUT2D eigenvalue weighted by Crippen LogP contribution is -2.45. The largest absolute Gasteiger partial charge is 0.324 e. The summed E-state index contributed by atoms with van der Waals surface area (Å²) in [5.74, 6) is 1.01. The van der Waals surface area contributed by atoms with Crippen LogP contribution >= 0.6 is 0 Å². The van der Waals surface area contributed by atoms with Crippen LogP contribution in [0.2, 0.25) is 0 Å². The second kappa shape index (κ2) is 9.40. The predicted octanol–water partition coefficient (Wildman–Crippen LogP) is 4.63. The van der Waals surface area contributed by atoms with Crippen molar-refractivity contribution in [2.45, 2.75) is 25.7 Å². The number of piperidine rings is 1. The quantitative estimate of drug-likeness (QED) is 0.801. The molecule has 2 atom stereocenters. The van der Waals surface area contributed by atoms with E-state index in [2.05, 4.69) is 10.2 Å². The highest BCUT2D eigenvalue weighted by Gasteiger charge is 2.28. The third-order valence-electron chi connectivity index (χ3n) is 6.16. The van der Waals surface area contributed by atoms with Crippen LogP contribution < -0.4 is 5.32 Å². The van der Waals surface area contributed by atoms with Gasteiger partial charge in [-0.15, -0.1) is 0 Å². The first kappa shape index (κ1) is 19.9. The number of nitrogens with one attached hydrogen (secondary N) is 1. The first-order valence-electron chi connectivity index (χ1n) is 10.7. The van der Waals surface area contributed by atoms with Crippen LogP contribution in [0.25, 0.3) is 0 Å². The molecule has 2 saturated heterocycles. The Hall–Kier alpha value is -2.40. The van der Waals surface area contributed by atoms with Gasteiger partial charge in [0.15, 0.2) is 0 Å². The molecule has 2 aromatic rings. The number of carbonyl (C=O) groups is 1. The van der Waals surface area contributed by atoms with Crippen LogP contribution in [-0.4, -0.2) is 48.6 Å². The Morgan fingerprint density at radius 1 is 0.966 bits per heavy atom. The molecule has 0 spiro atoms. The van der Waals surface area contributed by atoms with Crippen LogP contribution in [0, 0.1) is 17.7 Å². The van der Waals surface area contributed by atoms with Gasteiger partial charge in [0, 0.05) is 31.9 Å². The van der Waals surface area contributed by atoms with Crippen molar-refractivity contribution in [3.05, 3.63) is 66.0 Å². The van der Waals surface area contributed by atoms with Crippen molar-refractivity contribution in [1.29, 1.82) is 0 Å². The molecule has 154 valence electrons. The van der Waals surface area contributed by atoms with E-state index >= 15 is 0 Å². The van der Waals surface area contributed by atoms with Crippen LogP contribution in [-0.2, 0) is 6.42 Å². The Kier molecular flexibility index (Phi) is 6.45. The molecular weight excluding hydrogens is 365 g/mol. The molecule has 5 heteroatoms. The number of rotatable bonds is 5. The second-order valence-corrected chi connectivity index (χ2v) is 8.50. The molecule has 2 heterocycles. The van der Waals surface area contributed by atoms with Gasteiger partial charge < -0.3 is 15.1 Å². The van der Waals surface area contributed by atoms with Gasteiger partial charge >= 0.3 is 6.03 Å². The number of likely N-dealkylation sites (tertiary alicyclic amines) is 2. The van der Waals surface area contributed by atoms with E-state index in [4.69, 9.17) is 0 Å². The van der Waals surface area contributed by atoms with Gasteiger partial charge in [0.2, 0.25) is 0 Å². The van der Waals surface area contributed by atoms with Gasteiger partial charge in [-0.25, -0.2) is 9.18 Å². The molecule has 2 unspecified atom stereocenters. The zero-order chi connectivity index (χ0) is 20.1. The van der Waals surface area contributed by atoms with Crippen LogP contribution in [0.15, 0.2) is 54.6 Å². The lowest BCUT2D eigenvalue weighted by atomic mass is 9.97. The Morgan fingerprint density at radius 3 is 2.55 bits per heavy atom. The van der Waals surface area contributed by atoms with Gasteiger partial charge in [-0.2, -0.15) is 0 Å². The molecule has 0 bridgehead atoms. The van der Waals surface area contributed by atoms with Crippen molar-refractivity contribution in [2.75, 3.05) is 38.0 Å². The Morgan fingerprint density at radius 2 is 1.76 bits per heavy atom. The summed E-state index contributed by atoms with van der Waals surface area (Å²) in [5.41, 5.74) is 2.07. The summed E-state index contributed by atoms with van der Waals surface area (Å²) in [6.07, 6.45) is 4.48. The minimum atomic E-state index is -0.167. The van der Waals surface area contributed by atoms with E-state index in [9.17, 15) is 9.18 Å². The van der Waals surface area contributed by atoms with Crippen LogP contribution in [0.1, 0.15) is 24.8 Å². The monoisotopic (exact) mass is 395 g/mol. The summed E-state index contributed by atoms with van der Waals surface area (Å²) < 4.78 is 13.1. The number of halogens is 1. The van der Waals surface area contributed by atoms with Crippen molar-refractivity contribution in [1.82, 2.24) is 9.80 Å². The van der Waals surface area contributed by atoms with E-state index in [0.717, 1.165) is 51.3 Å². The van der Waals surface area contributed by atoms with Crippen molar-refractivity contribution < 1.29 is 9.18 Å². The average molecular weight is 396 g/mol. The van der Waals surface area contributed by atoms with Gasteiger partial charge in [-0.1, -0.05) is 30.3 Å². The number of nitrogens with zero attached hydrogens (tertiary/aromatic N) is 2. The number of carbonyl (C=O) groups excluding carboxylic acids is 1. The smallest absolute Gasteiger partial charge is 0.321 e. The number of hydrogen-bond acceptors (Lipinski definition) is 2. The molecule has 29 heavy (non-hydrogen) atoms. The standard InChI is InChI=1S/C24H30FN3O/c25-22-10-8-19(9-11-22)15-20-12-14-27(16-20)17-21-5-4-13-28(18-21)24(29)26-23-6-2-1-3-7-23/h1-3,6-11,20-21H,4-5,12-18H2,(H,26,29). The molecule has 2 aliphatic heterocycles. The van der Waals surface area contributed by atoms with Gasteiger partial charge in [0.25, 0.3) is 0 Å². The first-order chi connectivity index (χ1) is 14.2. The average Bonchev–Trinajstić information content (AvgIpc) is 3.17. The molecule has 1 N–H and O–H groups in total. The fraction of sp³-hybridized carbons (Fsp3) is 0.458. The molecular formula is C24H30FN3O. The van der Waals surface area contributed by atoms with Crippen molar-refractivity contribution >= 4 is 11.7 Å². The summed E-state index contributed by atoms with van der Waals surface area (Å²) in [4.78, 5) is 17.1. The molecule has 2 fully saturated rings. The molecule has 0 radical (unpaired) electrons. The topological polar surface area (TPSA) is 35.6 Å². The molecule has 0 aromatic heterocycles. The maximum atomic E-state index is 13.1. The number of urea groups is 1. The third-order valence-corrected chi connectivity index (χ3v) is 6.16. The lowest BCUT2D eigenvalue weighted by molar-refractivity contribution is 0.154. The fourth-order valence-corrected chi connectivity index (χ4v) is 4.69. The highest BCUT2D eigenvalue weighted by molar-refractivity contribution is 5.89. The lowest BCUT2D eigenvalue weighted by Gasteiger charge is -2.34. The molecule has 2 amide bonds. The van der Waals surface area contributed by atoms with E-state index < -0.39 is 0 Å². The Labute approximate surface area is 172 Å². The fourth-order valence-electron chi connectivity index (χ4n) is 4.69. The van der Waals surface area contributed by atoms with E-state index in [-0.39, 0.29) is 11.8 Å². The van der Waals surface area contributed by atoms with Gasteiger partial charge in [-0.3, -0.25) is 0 Å². The highest BCUT2D eigenvalue weighted by atomic mass is 19.1. The SMILES string of the molecule is O=C(Nc1ccccc1)N1CCCC(CN2CCC(Cc3ccc(F)cc3)C2)C1. The van der Waals surface area contributed by atoms with Gasteiger partial charge in [-0.05, 0) is 73.9 Å². The van der Waals surface area contributed by atoms with E-state index in [0.29, 0.717) is 11.8 Å². The van der Waals surface area contributed by atoms with Crippen molar-refractivity contribution in [3.8, 4) is 0 Å². The summed E-state index contributed by atoms with van der Waals surface area (Å²) >= 11 is 0. The third kappa shape index (κ3) is 5.57. The van der Waals surface area contributed by atoms with Crippen molar-refractivity contribution in [3.63, 3.8) is 0 Å². The molecule has 0 aliphatic carbocycles. The molecule has 2 aromatic carbocycles. The zero-order valence-corrected chi connectivity index (χ0v) is 16.9. The molecule has 4 rings (SSSR count).